The highest BCUT2D eigenvalue weighted by Crippen LogP contribution is 2.41. The number of nitriles is 1. The first-order valence-corrected chi connectivity index (χ1v) is 8.68. The van der Waals surface area contributed by atoms with Gasteiger partial charge in [-0.1, -0.05) is 30.3 Å². The molecule has 0 saturated heterocycles. The van der Waals surface area contributed by atoms with Gasteiger partial charge in [0.25, 0.3) is 0 Å². The van der Waals surface area contributed by atoms with E-state index in [4.69, 9.17) is 25.8 Å². The smallest absolute Gasteiger partial charge is 0.338 e. The molecule has 1 atom stereocenters. The van der Waals surface area contributed by atoms with Crippen molar-refractivity contribution in [1.29, 1.82) is 5.26 Å². The summed E-state index contributed by atoms with van der Waals surface area (Å²) in [5.41, 5.74) is 1.13. The summed E-state index contributed by atoms with van der Waals surface area (Å²) in [6, 6.07) is 11.2. The summed E-state index contributed by atoms with van der Waals surface area (Å²) in [6.07, 6.45) is 1.20. The van der Waals surface area contributed by atoms with Crippen molar-refractivity contribution in [1.82, 2.24) is 0 Å². The van der Waals surface area contributed by atoms with Gasteiger partial charge in [-0.2, -0.15) is 10.3 Å². The molecule has 1 aromatic rings. The van der Waals surface area contributed by atoms with Gasteiger partial charge in [-0.25, -0.2) is 4.79 Å². The zero-order chi connectivity index (χ0) is 18.9. The van der Waals surface area contributed by atoms with Crippen molar-refractivity contribution in [2.24, 2.45) is 4.99 Å². The minimum absolute atomic E-state index is 0.0542. The lowest BCUT2D eigenvalue weighted by molar-refractivity contribution is -0.139. The molecular formula is C19H19ClN2O4. The van der Waals surface area contributed by atoms with E-state index in [9.17, 15) is 10.1 Å². The highest BCUT2D eigenvalue weighted by Gasteiger charge is 2.37. The third kappa shape index (κ3) is 4.24. The third-order valence-corrected chi connectivity index (χ3v) is 3.85. The number of ether oxygens (including phenoxy) is 3. The van der Waals surface area contributed by atoms with Crippen LogP contribution in [0.15, 0.2) is 58.1 Å². The molecule has 2 rings (SSSR count). The van der Waals surface area contributed by atoms with Gasteiger partial charge in [-0.05, 0) is 19.4 Å². The van der Waals surface area contributed by atoms with E-state index in [0.717, 1.165) is 5.56 Å². The predicted molar refractivity (Wildman–Crippen MR) is 97.4 cm³/mol. The SMILES string of the molecule is CCOC=NC1=C(C#N)C(c2ccccc2)C(C(=O)OCC)=C(CCl)O1. The van der Waals surface area contributed by atoms with Gasteiger partial charge < -0.3 is 14.2 Å². The van der Waals surface area contributed by atoms with Gasteiger partial charge in [0.05, 0.1) is 30.6 Å². The summed E-state index contributed by atoms with van der Waals surface area (Å²) in [4.78, 5) is 16.6. The number of carbonyl (C=O) groups is 1. The van der Waals surface area contributed by atoms with Crippen LogP contribution in [0, 0.1) is 11.3 Å². The number of carbonyl (C=O) groups excluding carboxylic acids is 1. The Morgan fingerprint density at radius 2 is 2.08 bits per heavy atom. The van der Waals surface area contributed by atoms with E-state index in [0.29, 0.717) is 6.61 Å². The van der Waals surface area contributed by atoms with Gasteiger partial charge in [-0.3, -0.25) is 0 Å². The molecule has 0 amide bonds. The molecule has 0 fully saturated rings. The van der Waals surface area contributed by atoms with E-state index < -0.39 is 11.9 Å². The van der Waals surface area contributed by atoms with Crippen LogP contribution in [0.3, 0.4) is 0 Å². The van der Waals surface area contributed by atoms with Crippen LogP contribution in [0.1, 0.15) is 25.3 Å². The summed E-state index contributed by atoms with van der Waals surface area (Å²) in [7, 11) is 0. The van der Waals surface area contributed by atoms with E-state index in [1.54, 1.807) is 6.92 Å². The molecule has 26 heavy (non-hydrogen) atoms. The van der Waals surface area contributed by atoms with Crippen molar-refractivity contribution in [2.75, 3.05) is 19.1 Å². The molecule has 0 N–H and O–H groups in total. The predicted octanol–water partition coefficient (Wildman–Crippen LogP) is 3.66. The van der Waals surface area contributed by atoms with Crippen molar-refractivity contribution < 1.29 is 19.0 Å². The first-order chi connectivity index (χ1) is 12.7. The highest BCUT2D eigenvalue weighted by atomic mass is 35.5. The largest absolute Gasteiger partial charge is 0.483 e. The number of allylic oxidation sites excluding steroid dienone is 2. The minimum atomic E-state index is -0.684. The molecule has 0 radical (unpaired) electrons. The molecule has 0 saturated carbocycles. The molecule has 0 aromatic heterocycles. The van der Waals surface area contributed by atoms with Gasteiger partial charge >= 0.3 is 5.97 Å². The maximum absolute atomic E-state index is 12.6. The Kier molecular flexibility index (Phi) is 7.24. The maximum Gasteiger partial charge on any atom is 0.338 e. The number of nitrogens with zero attached hydrogens (tertiary/aromatic N) is 2. The number of hydrogen-bond acceptors (Lipinski definition) is 6. The Morgan fingerprint density at radius 3 is 2.65 bits per heavy atom. The normalized spacial score (nSPS) is 17.1. The van der Waals surface area contributed by atoms with E-state index in [-0.39, 0.29) is 35.3 Å². The summed E-state index contributed by atoms with van der Waals surface area (Å²) in [5, 5.41) is 9.73. The summed E-state index contributed by atoms with van der Waals surface area (Å²) in [6.45, 7) is 4.13. The lowest BCUT2D eigenvalue weighted by Gasteiger charge is -2.27. The van der Waals surface area contributed by atoms with Gasteiger partial charge in [0.2, 0.25) is 5.88 Å². The number of hydrogen-bond donors (Lipinski definition) is 0. The Bertz CT molecular complexity index is 778. The van der Waals surface area contributed by atoms with Crippen molar-refractivity contribution >= 4 is 24.0 Å². The van der Waals surface area contributed by atoms with E-state index in [1.165, 1.54) is 6.40 Å². The second-order valence-corrected chi connectivity index (χ2v) is 5.42. The summed E-state index contributed by atoms with van der Waals surface area (Å²) >= 11 is 6.01. The van der Waals surface area contributed by atoms with Crippen molar-refractivity contribution in [3.8, 4) is 6.07 Å². The molecule has 1 heterocycles. The fourth-order valence-electron chi connectivity index (χ4n) is 2.54. The van der Waals surface area contributed by atoms with Crippen LogP contribution in [-0.4, -0.2) is 31.5 Å². The van der Waals surface area contributed by atoms with Crippen LogP contribution in [0.2, 0.25) is 0 Å². The molecule has 0 bridgehead atoms. The topological polar surface area (TPSA) is 80.9 Å². The Morgan fingerprint density at radius 1 is 1.35 bits per heavy atom. The van der Waals surface area contributed by atoms with Crippen molar-refractivity contribution in [3.05, 3.63) is 58.7 Å². The number of rotatable bonds is 7. The number of alkyl halides is 1. The highest BCUT2D eigenvalue weighted by molar-refractivity contribution is 6.19. The Labute approximate surface area is 157 Å². The lowest BCUT2D eigenvalue weighted by Crippen LogP contribution is -2.24. The van der Waals surface area contributed by atoms with Crippen LogP contribution in [0.5, 0.6) is 0 Å². The van der Waals surface area contributed by atoms with Gasteiger partial charge in [-0.15, -0.1) is 11.6 Å². The molecule has 1 aliphatic rings. The average molecular weight is 375 g/mol. The summed E-state index contributed by atoms with van der Waals surface area (Å²) < 4.78 is 15.9. The van der Waals surface area contributed by atoms with E-state index in [1.807, 2.05) is 37.3 Å². The van der Waals surface area contributed by atoms with E-state index >= 15 is 0 Å². The molecule has 0 aliphatic carbocycles. The average Bonchev–Trinajstić information content (AvgIpc) is 2.67. The zero-order valence-corrected chi connectivity index (χ0v) is 15.3. The quantitative estimate of drug-likeness (QED) is 0.315. The Balaban J connectivity index is 2.63. The third-order valence-electron chi connectivity index (χ3n) is 3.61. The number of halogens is 1. The fraction of sp³-hybridized carbons (Fsp3) is 0.316. The van der Waals surface area contributed by atoms with Gasteiger partial charge in [0, 0.05) is 0 Å². The minimum Gasteiger partial charge on any atom is -0.483 e. The van der Waals surface area contributed by atoms with Crippen LogP contribution in [-0.2, 0) is 19.0 Å². The molecule has 1 unspecified atom stereocenters. The molecule has 7 heteroatoms. The van der Waals surface area contributed by atoms with E-state index in [2.05, 4.69) is 11.1 Å². The van der Waals surface area contributed by atoms with Crippen LogP contribution in [0.4, 0.5) is 0 Å². The van der Waals surface area contributed by atoms with Crippen LogP contribution in [0.25, 0.3) is 0 Å². The second-order valence-electron chi connectivity index (χ2n) is 5.16. The molecule has 1 aliphatic heterocycles. The van der Waals surface area contributed by atoms with Crippen LogP contribution < -0.4 is 0 Å². The monoisotopic (exact) mass is 374 g/mol. The second kappa shape index (κ2) is 9.64. The number of benzene rings is 1. The number of aliphatic imine (C=N–C) groups is 1. The van der Waals surface area contributed by atoms with Gasteiger partial charge in [0.1, 0.15) is 17.4 Å². The van der Waals surface area contributed by atoms with Crippen molar-refractivity contribution in [3.63, 3.8) is 0 Å². The molecular weight excluding hydrogens is 356 g/mol. The zero-order valence-electron chi connectivity index (χ0n) is 14.6. The Hall–Kier alpha value is -2.78. The molecule has 6 nitrogen and oxygen atoms in total. The standard InChI is InChI=1S/C19H19ClN2O4/c1-3-24-12-22-18-14(11-21)16(13-8-6-5-7-9-13)17(15(10-20)26-18)19(23)25-4-2/h5-9,12,16H,3-4,10H2,1-2H3. The van der Waals surface area contributed by atoms with Crippen molar-refractivity contribution in [2.45, 2.75) is 19.8 Å². The molecule has 136 valence electrons. The van der Waals surface area contributed by atoms with Gasteiger partial charge in [0.15, 0.2) is 6.40 Å². The molecule has 0 spiro atoms. The maximum atomic E-state index is 12.6. The summed E-state index contributed by atoms with van der Waals surface area (Å²) in [5.74, 6) is -1.06. The first kappa shape index (κ1) is 19.5. The lowest BCUT2D eigenvalue weighted by atomic mass is 9.83. The first-order valence-electron chi connectivity index (χ1n) is 8.15. The fourth-order valence-corrected chi connectivity index (χ4v) is 2.74. The van der Waals surface area contributed by atoms with Crippen LogP contribution >= 0.6 is 11.6 Å². The molecule has 1 aromatic carbocycles. The number of esters is 1.